The van der Waals surface area contributed by atoms with Crippen LogP contribution in [0, 0.1) is 11.7 Å². The molecule has 1 aromatic carbocycles. The number of hydrogen-bond acceptors (Lipinski definition) is 2. The van der Waals surface area contributed by atoms with Gasteiger partial charge >= 0.3 is 0 Å². The number of carbonyl (C=O) groups is 1. The van der Waals surface area contributed by atoms with E-state index in [-0.39, 0.29) is 35.8 Å². The van der Waals surface area contributed by atoms with Crippen molar-refractivity contribution in [1.82, 2.24) is 4.90 Å². The summed E-state index contributed by atoms with van der Waals surface area (Å²) in [6.45, 7) is 3.23. The standard InChI is InChI=1S/C13H17FN2O.ClH/c1-9-8-16(7-6-12(9)15)13(17)10-4-2-3-5-11(10)14;/h2-5,9,12H,6-8,15H2,1H3;1H. The number of likely N-dealkylation sites (tertiary alicyclic amines) is 1. The lowest BCUT2D eigenvalue weighted by molar-refractivity contribution is 0.0659. The summed E-state index contributed by atoms with van der Waals surface area (Å²) < 4.78 is 13.5. The number of halogens is 2. The Morgan fingerprint density at radius 3 is 2.72 bits per heavy atom. The molecule has 3 nitrogen and oxygen atoms in total. The molecular formula is C13H18ClFN2O. The molecule has 1 aromatic rings. The van der Waals surface area contributed by atoms with Crippen molar-refractivity contribution in [1.29, 1.82) is 0 Å². The van der Waals surface area contributed by atoms with Crippen molar-refractivity contribution in [2.45, 2.75) is 19.4 Å². The highest BCUT2D eigenvalue weighted by Gasteiger charge is 2.27. The molecule has 18 heavy (non-hydrogen) atoms. The van der Waals surface area contributed by atoms with Crippen LogP contribution in [0.5, 0.6) is 0 Å². The van der Waals surface area contributed by atoms with Crippen molar-refractivity contribution in [3.05, 3.63) is 35.6 Å². The van der Waals surface area contributed by atoms with Crippen LogP contribution in [0.3, 0.4) is 0 Å². The fourth-order valence-corrected chi connectivity index (χ4v) is 2.15. The first-order valence-electron chi connectivity index (χ1n) is 5.89. The van der Waals surface area contributed by atoms with E-state index in [2.05, 4.69) is 0 Å². The van der Waals surface area contributed by atoms with Crippen LogP contribution in [0.25, 0.3) is 0 Å². The quantitative estimate of drug-likeness (QED) is 0.851. The highest BCUT2D eigenvalue weighted by molar-refractivity contribution is 5.94. The van der Waals surface area contributed by atoms with Gasteiger partial charge in [0.25, 0.3) is 5.91 Å². The summed E-state index contributed by atoms with van der Waals surface area (Å²) in [5.74, 6) is -0.429. The summed E-state index contributed by atoms with van der Waals surface area (Å²) in [4.78, 5) is 13.8. The van der Waals surface area contributed by atoms with Crippen molar-refractivity contribution in [2.24, 2.45) is 11.7 Å². The van der Waals surface area contributed by atoms with E-state index in [1.807, 2.05) is 6.92 Å². The third-order valence-corrected chi connectivity index (χ3v) is 3.36. The van der Waals surface area contributed by atoms with Crippen molar-refractivity contribution in [2.75, 3.05) is 13.1 Å². The number of amides is 1. The lowest BCUT2D eigenvalue weighted by Gasteiger charge is -2.35. The first-order valence-corrected chi connectivity index (χ1v) is 5.89. The Morgan fingerprint density at radius 2 is 2.11 bits per heavy atom. The molecule has 1 saturated heterocycles. The molecule has 1 aliphatic rings. The third-order valence-electron chi connectivity index (χ3n) is 3.36. The topological polar surface area (TPSA) is 46.3 Å². The van der Waals surface area contributed by atoms with E-state index in [1.54, 1.807) is 17.0 Å². The SMILES string of the molecule is CC1CN(C(=O)c2ccccc2F)CCC1N.Cl. The van der Waals surface area contributed by atoms with E-state index in [0.717, 1.165) is 6.42 Å². The maximum atomic E-state index is 13.5. The van der Waals surface area contributed by atoms with Crippen LogP contribution in [-0.2, 0) is 0 Å². The van der Waals surface area contributed by atoms with Crippen LogP contribution in [0.1, 0.15) is 23.7 Å². The molecule has 2 rings (SSSR count). The van der Waals surface area contributed by atoms with Gasteiger partial charge in [-0.2, -0.15) is 0 Å². The zero-order chi connectivity index (χ0) is 12.4. The smallest absolute Gasteiger partial charge is 0.256 e. The molecule has 1 amide bonds. The zero-order valence-electron chi connectivity index (χ0n) is 10.3. The van der Waals surface area contributed by atoms with Crippen molar-refractivity contribution in [3.8, 4) is 0 Å². The molecule has 0 radical (unpaired) electrons. The molecule has 2 unspecified atom stereocenters. The van der Waals surface area contributed by atoms with E-state index in [9.17, 15) is 9.18 Å². The Kier molecular flexibility index (Phi) is 5.11. The van der Waals surface area contributed by atoms with Crippen LogP contribution >= 0.6 is 12.4 Å². The summed E-state index contributed by atoms with van der Waals surface area (Å²) in [6.07, 6.45) is 0.779. The molecular weight excluding hydrogens is 255 g/mol. The Balaban J connectivity index is 0.00000162. The van der Waals surface area contributed by atoms with Crippen LogP contribution in [0.2, 0.25) is 0 Å². The summed E-state index contributed by atoms with van der Waals surface area (Å²) >= 11 is 0. The number of nitrogens with zero attached hydrogens (tertiary/aromatic N) is 1. The summed E-state index contributed by atoms with van der Waals surface area (Å²) in [7, 11) is 0. The van der Waals surface area contributed by atoms with E-state index in [4.69, 9.17) is 5.73 Å². The van der Waals surface area contributed by atoms with Crippen molar-refractivity contribution in [3.63, 3.8) is 0 Å². The molecule has 0 spiro atoms. The Bertz CT molecular complexity index is 427. The highest BCUT2D eigenvalue weighted by Crippen LogP contribution is 2.18. The predicted molar refractivity (Wildman–Crippen MR) is 71.3 cm³/mol. The summed E-state index contributed by atoms with van der Waals surface area (Å²) in [5.41, 5.74) is 6.05. The summed E-state index contributed by atoms with van der Waals surface area (Å²) in [6, 6.07) is 6.24. The van der Waals surface area contributed by atoms with Gasteiger partial charge in [-0.05, 0) is 24.5 Å². The van der Waals surface area contributed by atoms with Crippen molar-refractivity contribution < 1.29 is 9.18 Å². The largest absolute Gasteiger partial charge is 0.338 e. The van der Waals surface area contributed by atoms with Crippen LogP contribution in [0.15, 0.2) is 24.3 Å². The minimum absolute atomic E-state index is 0. The van der Waals surface area contributed by atoms with E-state index >= 15 is 0 Å². The van der Waals surface area contributed by atoms with Gasteiger partial charge in [-0.25, -0.2) is 4.39 Å². The third kappa shape index (κ3) is 3.00. The first-order chi connectivity index (χ1) is 8.09. The molecule has 1 aliphatic heterocycles. The normalized spacial score (nSPS) is 23.4. The number of benzene rings is 1. The minimum Gasteiger partial charge on any atom is -0.338 e. The van der Waals surface area contributed by atoms with Gasteiger partial charge in [0.1, 0.15) is 5.82 Å². The lowest BCUT2D eigenvalue weighted by atomic mass is 9.94. The average Bonchev–Trinajstić information content (AvgIpc) is 2.32. The van der Waals surface area contributed by atoms with Gasteiger partial charge in [0.05, 0.1) is 5.56 Å². The Morgan fingerprint density at radius 1 is 1.44 bits per heavy atom. The Hall–Kier alpha value is -1.13. The number of piperidine rings is 1. The Labute approximate surface area is 113 Å². The highest BCUT2D eigenvalue weighted by atomic mass is 35.5. The molecule has 5 heteroatoms. The lowest BCUT2D eigenvalue weighted by Crippen LogP contribution is -2.48. The van der Waals surface area contributed by atoms with Crippen LogP contribution in [0.4, 0.5) is 4.39 Å². The van der Waals surface area contributed by atoms with Gasteiger partial charge in [-0.15, -0.1) is 12.4 Å². The van der Waals surface area contributed by atoms with Crippen LogP contribution < -0.4 is 5.73 Å². The molecule has 100 valence electrons. The van der Waals surface area contributed by atoms with Crippen LogP contribution in [-0.4, -0.2) is 29.9 Å². The molecule has 0 aromatic heterocycles. The number of hydrogen-bond donors (Lipinski definition) is 1. The van der Waals surface area contributed by atoms with Gasteiger partial charge in [0.15, 0.2) is 0 Å². The van der Waals surface area contributed by atoms with Crippen molar-refractivity contribution >= 4 is 18.3 Å². The monoisotopic (exact) mass is 272 g/mol. The van der Waals surface area contributed by atoms with Gasteiger partial charge in [0.2, 0.25) is 0 Å². The van der Waals surface area contributed by atoms with Gasteiger partial charge in [-0.3, -0.25) is 4.79 Å². The van der Waals surface area contributed by atoms with Gasteiger partial charge in [0, 0.05) is 19.1 Å². The molecule has 2 N–H and O–H groups in total. The second-order valence-corrected chi connectivity index (χ2v) is 4.66. The van der Waals surface area contributed by atoms with E-state index in [1.165, 1.54) is 12.1 Å². The second-order valence-electron chi connectivity index (χ2n) is 4.66. The molecule has 0 aliphatic carbocycles. The molecule has 1 fully saturated rings. The second kappa shape index (κ2) is 6.16. The van der Waals surface area contributed by atoms with E-state index < -0.39 is 5.82 Å². The maximum absolute atomic E-state index is 13.5. The molecule has 1 heterocycles. The molecule has 0 bridgehead atoms. The number of nitrogens with two attached hydrogens (primary N) is 1. The van der Waals surface area contributed by atoms with Gasteiger partial charge < -0.3 is 10.6 Å². The number of rotatable bonds is 1. The summed E-state index contributed by atoms with van der Waals surface area (Å²) in [5, 5.41) is 0. The minimum atomic E-state index is -0.458. The molecule has 0 saturated carbocycles. The maximum Gasteiger partial charge on any atom is 0.256 e. The van der Waals surface area contributed by atoms with Gasteiger partial charge in [-0.1, -0.05) is 19.1 Å². The first kappa shape index (κ1) is 14.9. The fraction of sp³-hybridized carbons (Fsp3) is 0.462. The fourth-order valence-electron chi connectivity index (χ4n) is 2.15. The number of carbonyl (C=O) groups excluding carboxylic acids is 1. The molecule has 2 atom stereocenters. The average molecular weight is 273 g/mol. The van der Waals surface area contributed by atoms with E-state index in [0.29, 0.717) is 13.1 Å². The zero-order valence-corrected chi connectivity index (χ0v) is 11.1. The predicted octanol–water partition coefficient (Wildman–Crippen LogP) is 2.06.